The van der Waals surface area contributed by atoms with E-state index in [0.717, 1.165) is 0 Å². The molecule has 0 spiro atoms. The second kappa shape index (κ2) is 25.0. The van der Waals surface area contributed by atoms with Crippen molar-refractivity contribution in [3.8, 4) is 0 Å². The van der Waals surface area contributed by atoms with E-state index in [1.165, 1.54) is 23.8 Å². The summed E-state index contributed by atoms with van der Waals surface area (Å²) in [6.45, 7) is 14.8. The summed E-state index contributed by atoms with van der Waals surface area (Å²) < 4.78 is 5.54. The number of likely N-dealkylation sites (N-methyl/N-ethyl adjacent to an activating group) is 1. The highest BCUT2D eigenvalue weighted by Gasteiger charge is 2.36. The number of primary amides is 1. The summed E-state index contributed by atoms with van der Waals surface area (Å²) in [6.07, 6.45) is 2.21. The van der Waals surface area contributed by atoms with Gasteiger partial charge in [0.05, 0.1) is 12.1 Å². The van der Waals surface area contributed by atoms with E-state index in [2.05, 4.69) is 10.6 Å². The number of Topliss-reactive ketones (excluding diaryl/α,β-unsaturated/α-hetero) is 4. The number of likely N-dealkylation sites (tertiary alicyclic amines) is 1. The molecule has 1 aliphatic heterocycles. The van der Waals surface area contributed by atoms with Gasteiger partial charge in [-0.2, -0.15) is 0 Å². The molecule has 0 radical (unpaired) electrons. The molecule has 60 heavy (non-hydrogen) atoms. The van der Waals surface area contributed by atoms with Crippen LogP contribution in [0.25, 0.3) is 0 Å². The third-order valence-corrected chi connectivity index (χ3v) is 11.2. The lowest BCUT2D eigenvalue weighted by molar-refractivity contribution is -0.139. The predicted molar refractivity (Wildman–Crippen MR) is 226 cm³/mol. The van der Waals surface area contributed by atoms with Crippen molar-refractivity contribution in [2.24, 2.45) is 41.2 Å². The number of benzene rings is 1. The maximum atomic E-state index is 13.7. The standard InChI is InChI=1S/C45H69N5O10/c1-27(2)35(31(8)51)25-39(54)41(29(5)6)49(9)45(59)60-26-33-18-16-32(17-19-33)23-38(53)37(15-13-20-47-44(46)58)48-42(56)36(28(3)4)24-34(52)14-11-10-12-21-50-40(55)22-30(7)43(50)57/h16-19,27-30,35-37,41H,10-15,20-26H2,1-9H3,(H,48,56)(H3,46,47,58)/t30?,35-,36-,37-,41?/m0/s1. The summed E-state index contributed by atoms with van der Waals surface area (Å²) in [4.78, 5) is 117. The van der Waals surface area contributed by atoms with E-state index in [0.29, 0.717) is 43.4 Å². The lowest BCUT2D eigenvalue weighted by Crippen LogP contribution is -2.47. The van der Waals surface area contributed by atoms with Gasteiger partial charge >= 0.3 is 12.1 Å². The molecule has 15 nitrogen and oxygen atoms in total. The summed E-state index contributed by atoms with van der Waals surface area (Å²) in [7, 11) is 1.51. The van der Waals surface area contributed by atoms with Gasteiger partial charge in [0.1, 0.15) is 18.2 Å². The van der Waals surface area contributed by atoms with Crippen molar-refractivity contribution in [3.05, 3.63) is 35.4 Å². The number of urea groups is 1. The number of nitrogens with two attached hydrogens (primary N) is 1. The highest BCUT2D eigenvalue weighted by molar-refractivity contribution is 6.03. The van der Waals surface area contributed by atoms with Gasteiger partial charge < -0.3 is 26.0 Å². The molecule has 1 fully saturated rings. The fourth-order valence-corrected chi connectivity index (χ4v) is 7.60. The first-order valence-corrected chi connectivity index (χ1v) is 21.4. The van der Waals surface area contributed by atoms with Crippen molar-refractivity contribution in [1.29, 1.82) is 0 Å². The minimum Gasteiger partial charge on any atom is -0.445 e. The van der Waals surface area contributed by atoms with Crippen LogP contribution in [0.3, 0.4) is 0 Å². The minimum atomic E-state index is -0.902. The van der Waals surface area contributed by atoms with Gasteiger partial charge in [0.15, 0.2) is 11.6 Å². The molecular weight excluding hydrogens is 771 g/mol. The normalized spacial score (nSPS) is 16.1. The third kappa shape index (κ3) is 16.6. The molecule has 15 heteroatoms. The van der Waals surface area contributed by atoms with Gasteiger partial charge in [-0.15, -0.1) is 0 Å². The summed E-state index contributed by atoms with van der Waals surface area (Å²) in [6, 6.07) is 4.52. The van der Waals surface area contributed by atoms with Crippen LogP contribution in [0.5, 0.6) is 0 Å². The molecule has 1 saturated heterocycles. The molecule has 4 N–H and O–H groups in total. The Morgan fingerprint density at radius 2 is 1.45 bits per heavy atom. The Morgan fingerprint density at radius 3 is 1.98 bits per heavy atom. The van der Waals surface area contributed by atoms with E-state index in [9.17, 15) is 43.2 Å². The topological polar surface area (TPSA) is 219 Å². The zero-order chi connectivity index (χ0) is 45.3. The molecule has 5 atom stereocenters. The Kier molecular flexibility index (Phi) is 21.3. The van der Waals surface area contributed by atoms with Crippen LogP contribution in [0, 0.1) is 35.5 Å². The fraction of sp³-hybridized carbons (Fsp3) is 0.667. The van der Waals surface area contributed by atoms with Crippen LogP contribution in [0.4, 0.5) is 9.59 Å². The molecule has 1 heterocycles. The van der Waals surface area contributed by atoms with Gasteiger partial charge in [0.25, 0.3) is 0 Å². The number of carbonyl (C=O) groups is 9. The highest BCUT2D eigenvalue weighted by atomic mass is 16.6. The second-order valence-corrected chi connectivity index (χ2v) is 17.3. The van der Waals surface area contributed by atoms with Crippen molar-refractivity contribution in [2.45, 2.75) is 138 Å². The molecule has 0 bridgehead atoms. The highest BCUT2D eigenvalue weighted by Crippen LogP contribution is 2.24. The number of hydrogen-bond donors (Lipinski definition) is 3. The average molecular weight is 840 g/mol. The van der Waals surface area contributed by atoms with Crippen molar-refractivity contribution < 1.29 is 47.9 Å². The predicted octanol–water partition coefficient (Wildman–Crippen LogP) is 5.33. The summed E-state index contributed by atoms with van der Waals surface area (Å²) in [5.74, 6) is -3.19. The van der Waals surface area contributed by atoms with Crippen LogP contribution in [-0.4, -0.2) is 95.0 Å². The molecule has 334 valence electrons. The molecule has 1 aromatic rings. The number of unbranched alkanes of at least 4 members (excludes halogenated alkanes) is 2. The number of ketones is 4. The molecular formula is C45H69N5O10. The lowest BCUT2D eigenvalue weighted by atomic mass is 9.84. The van der Waals surface area contributed by atoms with Crippen LogP contribution in [0.15, 0.2) is 24.3 Å². The lowest BCUT2D eigenvalue weighted by Gasteiger charge is -2.31. The van der Waals surface area contributed by atoms with E-state index in [4.69, 9.17) is 10.5 Å². The zero-order valence-corrected chi connectivity index (χ0v) is 37.2. The number of rotatable bonds is 27. The molecule has 0 saturated carbocycles. The zero-order valence-electron chi connectivity index (χ0n) is 37.2. The Hall–Kier alpha value is -4.95. The smallest absolute Gasteiger partial charge is 0.410 e. The number of carbonyl (C=O) groups excluding carboxylic acids is 9. The maximum absolute atomic E-state index is 13.7. The molecule has 6 amide bonds. The molecule has 0 aromatic heterocycles. The van der Waals surface area contributed by atoms with Gasteiger partial charge in [0.2, 0.25) is 17.7 Å². The quantitative estimate of drug-likeness (QED) is 0.0764. The van der Waals surface area contributed by atoms with E-state index in [-0.39, 0.29) is 110 Å². The second-order valence-electron chi connectivity index (χ2n) is 17.3. The number of amides is 6. The SMILES string of the molecule is CC(=O)[C@@H](CC(=O)C(C(C)C)N(C)C(=O)OCc1ccc(CC(=O)[C@H](CCCNC(N)=O)NC(=O)[C@@H](CC(=O)CCCCCN2C(=O)CC(C)C2=O)C(C)C)cc1)C(C)C. The van der Waals surface area contributed by atoms with Crippen molar-refractivity contribution in [1.82, 2.24) is 20.4 Å². The van der Waals surface area contributed by atoms with Gasteiger partial charge in [-0.3, -0.25) is 38.5 Å². The first kappa shape index (κ1) is 51.2. The molecule has 2 unspecified atom stereocenters. The molecule has 2 rings (SSSR count). The maximum Gasteiger partial charge on any atom is 0.410 e. The van der Waals surface area contributed by atoms with Crippen LogP contribution < -0.4 is 16.4 Å². The van der Waals surface area contributed by atoms with E-state index in [1.54, 1.807) is 31.2 Å². The molecule has 0 aliphatic carbocycles. The minimum absolute atomic E-state index is 0.00296. The number of ether oxygens (including phenoxy) is 1. The number of nitrogens with one attached hydrogen (secondary N) is 2. The van der Waals surface area contributed by atoms with Crippen LogP contribution in [0.1, 0.15) is 124 Å². The Labute approximate surface area is 355 Å². The largest absolute Gasteiger partial charge is 0.445 e. The monoisotopic (exact) mass is 840 g/mol. The molecule has 1 aromatic carbocycles. The molecule has 1 aliphatic rings. The summed E-state index contributed by atoms with van der Waals surface area (Å²) in [5, 5.41) is 5.37. The van der Waals surface area contributed by atoms with Crippen LogP contribution in [-0.2, 0) is 51.3 Å². The van der Waals surface area contributed by atoms with Gasteiger partial charge in [-0.05, 0) is 61.5 Å². The van der Waals surface area contributed by atoms with Gasteiger partial charge in [0, 0.05) is 70.0 Å². The van der Waals surface area contributed by atoms with E-state index < -0.39 is 42.0 Å². The van der Waals surface area contributed by atoms with Gasteiger partial charge in [-0.1, -0.05) is 79.2 Å². The summed E-state index contributed by atoms with van der Waals surface area (Å²) >= 11 is 0. The average Bonchev–Trinajstić information content (AvgIpc) is 3.41. The van der Waals surface area contributed by atoms with Crippen molar-refractivity contribution >= 4 is 53.0 Å². The van der Waals surface area contributed by atoms with Crippen molar-refractivity contribution in [3.63, 3.8) is 0 Å². The number of nitrogens with zero attached hydrogens (tertiary/aromatic N) is 2. The van der Waals surface area contributed by atoms with E-state index >= 15 is 0 Å². The first-order chi connectivity index (χ1) is 28.1. The third-order valence-electron chi connectivity index (χ3n) is 11.2. The first-order valence-electron chi connectivity index (χ1n) is 21.4. The van der Waals surface area contributed by atoms with Gasteiger partial charge in [-0.25, -0.2) is 9.59 Å². The summed E-state index contributed by atoms with van der Waals surface area (Å²) in [5.41, 5.74) is 6.50. The van der Waals surface area contributed by atoms with Crippen LogP contribution in [0.2, 0.25) is 0 Å². The Bertz CT molecular complexity index is 1670. The number of hydrogen-bond acceptors (Lipinski definition) is 10. The Balaban J connectivity index is 2.01. The fourth-order valence-electron chi connectivity index (χ4n) is 7.60. The number of imide groups is 1. The van der Waals surface area contributed by atoms with Crippen LogP contribution >= 0.6 is 0 Å². The van der Waals surface area contributed by atoms with Crippen molar-refractivity contribution in [2.75, 3.05) is 20.1 Å². The van der Waals surface area contributed by atoms with E-state index in [1.807, 2.05) is 41.5 Å². The Morgan fingerprint density at radius 1 is 0.833 bits per heavy atom.